The van der Waals surface area contributed by atoms with E-state index in [9.17, 15) is 0 Å². The van der Waals surface area contributed by atoms with Crippen LogP contribution in [-0.2, 0) is 11.3 Å². The van der Waals surface area contributed by atoms with Crippen molar-refractivity contribution in [3.8, 4) is 0 Å². The monoisotopic (exact) mass is 285 g/mol. The average molecular weight is 285 g/mol. The van der Waals surface area contributed by atoms with Gasteiger partial charge in [0.1, 0.15) is 0 Å². The molecule has 21 heavy (non-hydrogen) atoms. The number of fused-ring (bicyclic) bond motifs is 1. The number of pyridine rings is 1. The summed E-state index contributed by atoms with van der Waals surface area (Å²) < 4.78 is 5.26. The third-order valence-corrected chi connectivity index (χ3v) is 4.39. The number of methoxy groups -OCH3 is 1. The quantitative estimate of drug-likeness (QED) is 0.878. The van der Waals surface area contributed by atoms with Gasteiger partial charge < -0.3 is 10.5 Å². The number of likely N-dealkylation sites (tertiary alicyclic amines) is 1. The van der Waals surface area contributed by atoms with Gasteiger partial charge in [0.05, 0.1) is 5.52 Å². The lowest BCUT2D eigenvalue weighted by molar-refractivity contribution is 0.0969. The molecular formula is C17H23N3O. The minimum atomic E-state index is 0.715. The number of piperidine rings is 1. The summed E-state index contributed by atoms with van der Waals surface area (Å²) in [4.78, 5) is 7.03. The van der Waals surface area contributed by atoms with Crippen LogP contribution in [0.4, 0.5) is 5.69 Å². The van der Waals surface area contributed by atoms with Crippen molar-refractivity contribution < 1.29 is 4.74 Å². The standard InChI is InChI=1S/C17H23N3O/c1-21-12-13-6-9-20(10-7-13)11-14-4-5-16(18)15-3-2-8-19-17(14)15/h2-5,8,13H,6-7,9-12,18H2,1H3. The maximum Gasteiger partial charge on any atom is 0.0767 e. The fourth-order valence-electron chi connectivity index (χ4n) is 3.17. The van der Waals surface area contributed by atoms with Gasteiger partial charge in [0.15, 0.2) is 0 Å². The molecule has 1 fully saturated rings. The van der Waals surface area contributed by atoms with Crippen LogP contribution >= 0.6 is 0 Å². The Morgan fingerprint density at radius 3 is 2.86 bits per heavy atom. The number of benzene rings is 1. The Balaban J connectivity index is 1.73. The van der Waals surface area contributed by atoms with Crippen LogP contribution in [0.2, 0.25) is 0 Å². The van der Waals surface area contributed by atoms with Crippen molar-refractivity contribution in [2.24, 2.45) is 5.92 Å². The number of anilines is 1. The molecule has 4 heteroatoms. The third kappa shape index (κ3) is 3.17. The summed E-state index contributed by atoms with van der Waals surface area (Å²) >= 11 is 0. The zero-order chi connectivity index (χ0) is 14.7. The van der Waals surface area contributed by atoms with Gasteiger partial charge in [-0.2, -0.15) is 0 Å². The maximum absolute atomic E-state index is 6.04. The molecule has 4 nitrogen and oxygen atoms in total. The van der Waals surface area contributed by atoms with Crippen molar-refractivity contribution in [1.82, 2.24) is 9.88 Å². The van der Waals surface area contributed by atoms with Crippen molar-refractivity contribution in [3.05, 3.63) is 36.0 Å². The van der Waals surface area contributed by atoms with E-state index in [4.69, 9.17) is 10.5 Å². The Hall–Kier alpha value is -1.65. The zero-order valence-corrected chi connectivity index (χ0v) is 12.6. The SMILES string of the molecule is COCC1CCN(Cc2ccc(N)c3cccnc23)CC1. The number of rotatable bonds is 4. The first-order chi connectivity index (χ1) is 10.3. The van der Waals surface area contributed by atoms with Crippen molar-refractivity contribution in [2.45, 2.75) is 19.4 Å². The van der Waals surface area contributed by atoms with Gasteiger partial charge in [0, 0.05) is 37.5 Å². The topological polar surface area (TPSA) is 51.4 Å². The van der Waals surface area contributed by atoms with Crippen LogP contribution < -0.4 is 5.73 Å². The molecule has 1 aliphatic rings. The summed E-state index contributed by atoms with van der Waals surface area (Å²) in [6, 6.07) is 8.10. The van der Waals surface area contributed by atoms with E-state index in [0.29, 0.717) is 5.92 Å². The smallest absolute Gasteiger partial charge is 0.0767 e. The molecule has 112 valence electrons. The highest BCUT2D eigenvalue weighted by atomic mass is 16.5. The first-order valence-electron chi connectivity index (χ1n) is 7.61. The van der Waals surface area contributed by atoms with E-state index in [-0.39, 0.29) is 0 Å². The molecule has 0 saturated carbocycles. The van der Waals surface area contributed by atoms with Crippen LogP contribution in [0.1, 0.15) is 18.4 Å². The summed E-state index contributed by atoms with van der Waals surface area (Å²) in [7, 11) is 1.79. The Labute approximate surface area is 125 Å². The molecule has 0 atom stereocenters. The van der Waals surface area contributed by atoms with Crippen molar-refractivity contribution in [2.75, 3.05) is 32.5 Å². The summed E-state index contributed by atoms with van der Waals surface area (Å²) in [5.74, 6) is 0.715. The van der Waals surface area contributed by atoms with E-state index < -0.39 is 0 Å². The summed E-state index contributed by atoms with van der Waals surface area (Å²) in [5.41, 5.74) is 9.16. The molecule has 0 spiro atoms. The summed E-state index contributed by atoms with van der Waals surface area (Å²) in [6.45, 7) is 4.10. The van der Waals surface area contributed by atoms with Crippen LogP contribution in [0.3, 0.4) is 0 Å². The van der Waals surface area contributed by atoms with E-state index in [1.807, 2.05) is 24.4 Å². The summed E-state index contributed by atoms with van der Waals surface area (Å²) in [5, 5.41) is 1.06. The van der Waals surface area contributed by atoms with Gasteiger partial charge in [-0.3, -0.25) is 9.88 Å². The van der Waals surface area contributed by atoms with Crippen LogP contribution in [0.5, 0.6) is 0 Å². The molecule has 2 N–H and O–H groups in total. The molecule has 1 saturated heterocycles. The van der Waals surface area contributed by atoms with E-state index >= 15 is 0 Å². The lowest BCUT2D eigenvalue weighted by Crippen LogP contribution is -2.34. The Kier molecular flexibility index (Phi) is 4.36. The highest BCUT2D eigenvalue weighted by molar-refractivity contribution is 5.92. The lowest BCUT2D eigenvalue weighted by Gasteiger charge is -2.31. The number of aromatic nitrogens is 1. The van der Waals surface area contributed by atoms with Crippen LogP contribution in [-0.4, -0.2) is 36.7 Å². The van der Waals surface area contributed by atoms with Crippen LogP contribution in [0.25, 0.3) is 10.9 Å². The van der Waals surface area contributed by atoms with Gasteiger partial charge in [-0.05, 0) is 55.6 Å². The second-order valence-electron chi connectivity index (χ2n) is 5.89. The molecule has 0 radical (unpaired) electrons. The van der Waals surface area contributed by atoms with E-state index in [1.54, 1.807) is 7.11 Å². The number of nitrogens with zero attached hydrogens (tertiary/aromatic N) is 2. The van der Waals surface area contributed by atoms with E-state index in [2.05, 4.69) is 16.0 Å². The highest BCUT2D eigenvalue weighted by Crippen LogP contribution is 2.25. The number of hydrogen-bond donors (Lipinski definition) is 1. The Morgan fingerprint density at radius 2 is 2.10 bits per heavy atom. The predicted molar refractivity (Wildman–Crippen MR) is 86.0 cm³/mol. The normalized spacial score (nSPS) is 17.4. The molecule has 0 unspecified atom stereocenters. The van der Waals surface area contributed by atoms with E-state index in [1.165, 1.54) is 18.4 Å². The number of hydrogen-bond acceptors (Lipinski definition) is 4. The first-order valence-corrected chi connectivity index (χ1v) is 7.61. The second-order valence-corrected chi connectivity index (χ2v) is 5.89. The lowest BCUT2D eigenvalue weighted by atomic mass is 9.97. The molecule has 2 aromatic rings. The third-order valence-electron chi connectivity index (χ3n) is 4.39. The van der Waals surface area contributed by atoms with Crippen LogP contribution in [0, 0.1) is 5.92 Å². The molecule has 0 aliphatic carbocycles. The van der Waals surface area contributed by atoms with Gasteiger partial charge in [0.2, 0.25) is 0 Å². The molecule has 3 rings (SSSR count). The van der Waals surface area contributed by atoms with Gasteiger partial charge in [-0.1, -0.05) is 6.07 Å². The Morgan fingerprint density at radius 1 is 1.29 bits per heavy atom. The van der Waals surface area contributed by atoms with Gasteiger partial charge in [-0.15, -0.1) is 0 Å². The predicted octanol–water partition coefficient (Wildman–Crippen LogP) is 2.68. The zero-order valence-electron chi connectivity index (χ0n) is 12.6. The Bertz CT molecular complexity index is 606. The average Bonchev–Trinajstić information content (AvgIpc) is 2.52. The molecular weight excluding hydrogens is 262 g/mol. The minimum Gasteiger partial charge on any atom is -0.398 e. The van der Waals surface area contributed by atoms with Crippen LogP contribution in [0.15, 0.2) is 30.5 Å². The highest BCUT2D eigenvalue weighted by Gasteiger charge is 2.19. The largest absolute Gasteiger partial charge is 0.398 e. The fourth-order valence-corrected chi connectivity index (χ4v) is 3.17. The molecule has 1 aliphatic heterocycles. The van der Waals surface area contributed by atoms with E-state index in [0.717, 1.165) is 42.8 Å². The summed E-state index contributed by atoms with van der Waals surface area (Å²) in [6.07, 6.45) is 4.28. The van der Waals surface area contributed by atoms with Crippen molar-refractivity contribution in [3.63, 3.8) is 0 Å². The van der Waals surface area contributed by atoms with Gasteiger partial charge >= 0.3 is 0 Å². The molecule has 0 bridgehead atoms. The minimum absolute atomic E-state index is 0.715. The maximum atomic E-state index is 6.04. The molecule has 1 aromatic carbocycles. The van der Waals surface area contributed by atoms with Gasteiger partial charge in [0.25, 0.3) is 0 Å². The van der Waals surface area contributed by atoms with Crippen molar-refractivity contribution >= 4 is 16.6 Å². The fraction of sp³-hybridized carbons (Fsp3) is 0.471. The van der Waals surface area contributed by atoms with Gasteiger partial charge in [-0.25, -0.2) is 0 Å². The first kappa shape index (κ1) is 14.3. The number of nitrogens with two attached hydrogens (primary N) is 1. The molecule has 1 aromatic heterocycles. The number of ether oxygens (including phenoxy) is 1. The molecule has 2 heterocycles. The molecule has 0 amide bonds. The number of nitrogen functional groups attached to an aromatic ring is 1. The van der Waals surface area contributed by atoms with Crippen molar-refractivity contribution in [1.29, 1.82) is 0 Å². The second kappa shape index (κ2) is 6.41.